The second-order valence-electron chi connectivity index (χ2n) is 8.26. The Morgan fingerprint density at radius 2 is 1.87 bits per heavy atom. The zero-order chi connectivity index (χ0) is 22.7. The monoisotopic (exact) mass is 432 g/mol. The molecule has 0 aromatic heterocycles. The van der Waals surface area contributed by atoms with E-state index in [-0.39, 0.29) is 18.4 Å². The topological polar surface area (TPSA) is 133 Å². The quantitative estimate of drug-likeness (QED) is 0.655. The number of nitrogens with two attached hydrogens (primary N) is 1. The first-order valence-electron chi connectivity index (χ1n) is 10.3. The van der Waals surface area contributed by atoms with E-state index in [0.29, 0.717) is 24.4 Å². The summed E-state index contributed by atoms with van der Waals surface area (Å²) in [5.41, 5.74) is 6.25. The van der Waals surface area contributed by atoms with E-state index >= 15 is 0 Å². The molecule has 2 aliphatic rings. The number of benzene rings is 1. The van der Waals surface area contributed by atoms with Gasteiger partial charge in [0, 0.05) is 6.54 Å². The minimum atomic E-state index is -1.40. The summed E-state index contributed by atoms with van der Waals surface area (Å²) in [6.45, 7) is 4.22. The molecule has 2 heterocycles. The summed E-state index contributed by atoms with van der Waals surface area (Å²) in [6.07, 6.45) is -3.28. The number of hydrogen-bond acceptors (Lipinski definition) is 5. The molecule has 3 N–H and O–H groups in total. The van der Waals surface area contributed by atoms with Gasteiger partial charge in [-0.15, -0.1) is 0 Å². The van der Waals surface area contributed by atoms with Crippen molar-refractivity contribution in [1.29, 1.82) is 0 Å². The van der Waals surface area contributed by atoms with Gasteiger partial charge in [-0.25, -0.2) is 4.79 Å². The lowest BCUT2D eigenvalue weighted by Crippen LogP contribution is -2.73. The van der Waals surface area contributed by atoms with E-state index in [1.54, 1.807) is 4.90 Å². The fourth-order valence-corrected chi connectivity index (χ4v) is 4.07. The molecule has 1 unspecified atom stereocenters. The largest absolute Gasteiger partial charge is 0.463 e. The van der Waals surface area contributed by atoms with Gasteiger partial charge in [0.1, 0.15) is 6.04 Å². The maximum Gasteiger partial charge on any atom is 0.433 e. The highest BCUT2D eigenvalue weighted by molar-refractivity contribution is 5.93. The van der Waals surface area contributed by atoms with Gasteiger partial charge in [-0.3, -0.25) is 19.2 Å². The van der Waals surface area contributed by atoms with Crippen LogP contribution >= 0.6 is 0 Å². The SMILES string of the molecule is CC(C)C[C@H]1C(=O)N(CCc2ccccc2)CC2N(C(=O)O)O[C@H](CC(N)=O)C(=O)N21. The van der Waals surface area contributed by atoms with Crippen molar-refractivity contribution in [2.75, 3.05) is 13.1 Å². The van der Waals surface area contributed by atoms with Crippen molar-refractivity contribution in [2.45, 2.75) is 51.4 Å². The number of carbonyl (C=O) groups excluding carboxylic acids is 3. The molecule has 168 valence electrons. The summed E-state index contributed by atoms with van der Waals surface area (Å²) >= 11 is 0. The van der Waals surface area contributed by atoms with E-state index in [4.69, 9.17) is 10.6 Å². The van der Waals surface area contributed by atoms with Crippen molar-refractivity contribution in [3.8, 4) is 0 Å². The maximum atomic E-state index is 13.3. The molecule has 10 heteroatoms. The van der Waals surface area contributed by atoms with Crippen LogP contribution in [0.2, 0.25) is 0 Å². The lowest BCUT2D eigenvalue weighted by atomic mass is 9.96. The molecule has 1 aromatic rings. The van der Waals surface area contributed by atoms with Crippen LogP contribution in [0.4, 0.5) is 4.79 Å². The van der Waals surface area contributed by atoms with Gasteiger partial charge in [0.25, 0.3) is 5.91 Å². The average molecular weight is 432 g/mol. The normalized spacial score (nSPS) is 23.8. The third kappa shape index (κ3) is 4.96. The van der Waals surface area contributed by atoms with Crippen LogP contribution in [0.15, 0.2) is 30.3 Å². The Kier molecular flexibility index (Phi) is 6.79. The summed E-state index contributed by atoms with van der Waals surface area (Å²) in [5, 5.41) is 10.4. The fraction of sp³-hybridized carbons (Fsp3) is 0.524. The Hall–Kier alpha value is -3.14. The minimum Gasteiger partial charge on any atom is -0.463 e. The number of hydroxylamine groups is 2. The Morgan fingerprint density at radius 3 is 2.45 bits per heavy atom. The molecule has 3 atom stereocenters. The van der Waals surface area contributed by atoms with Crippen LogP contribution in [0.5, 0.6) is 0 Å². The van der Waals surface area contributed by atoms with Gasteiger partial charge in [-0.1, -0.05) is 44.2 Å². The van der Waals surface area contributed by atoms with Crippen molar-refractivity contribution in [3.05, 3.63) is 35.9 Å². The molecule has 1 aromatic carbocycles. The van der Waals surface area contributed by atoms with Crippen LogP contribution in [-0.2, 0) is 25.6 Å². The number of piperazine rings is 1. The highest BCUT2D eigenvalue weighted by Gasteiger charge is 2.53. The molecule has 31 heavy (non-hydrogen) atoms. The van der Waals surface area contributed by atoms with Gasteiger partial charge in [0.05, 0.1) is 13.0 Å². The minimum absolute atomic E-state index is 0.0123. The molecule has 0 aliphatic carbocycles. The molecule has 0 radical (unpaired) electrons. The van der Waals surface area contributed by atoms with Gasteiger partial charge >= 0.3 is 6.09 Å². The number of fused-ring (bicyclic) bond motifs is 1. The highest BCUT2D eigenvalue weighted by atomic mass is 16.7. The third-order valence-corrected chi connectivity index (χ3v) is 5.46. The molecule has 0 spiro atoms. The maximum absolute atomic E-state index is 13.3. The Morgan fingerprint density at radius 1 is 1.19 bits per heavy atom. The van der Waals surface area contributed by atoms with Crippen LogP contribution in [0.1, 0.15) is 32.3 Å². The van der Waals surface area contributed by atoms with Crippen molar-refractivity contribution >= 4 is 23.8 Å². The van der Waals surface area contributed by atoms with Gasteiger partial charge in [0.2, 0.25) is 11.8 Å². The van der Waals surface area contributed by atoms with Crippen molar-refractivity contribution in [1.82, 2.24) is 14.9 Å². The molecule has 10 nitrogen and oxygen atoms in total. The molecular formula is C21H28N4O6. The zero-order valence-electron chi connectivity index (χ0n) is 17.6. The van der Waals surface area contributed by atoms with E-state index in [0.717, 1.165) is 5.56 Å². The number of carboxylic acid groups (broad SMARTS) is 1. The lowest BCUT2D eigenvalue weighted by molar-refractivity contribution is -0.265. The van der Waals surface area contributed by atoms with Crippen LogP contribution in [0.25, 0.3) is 0 Å². The molecule has 2 fully saturated rings. The van der Waals surface area contributed by atoms with Crippen LogP contribution in [0.3, 0.4) is 0 Å². The molecule has 0 bridgehead atoms. The number of nitrogens with zero attached hydrogens (tertiary/aromatic N) is 3. The zero-order valence-corrected chi connectivity index (χ0v) is 17.6. The van der Waals surface area contributed by atoms with Crippen molar-refractivity contribution in [2.24, 2.45) is 11.7 Å². The smallest absolute Gasteiger partial charge is 0.433 e. The number of carbonyl (C=O) groups is 4. The molecule has 4 amide bonds. The summed E-state index contributed by atoms with van der Waals surface area (Å²) in [7, 11) is 0. The Balaban J connectivity index is 1.89. The van der Waals surface area contributed by atoms with Crippen molar-refractivity contribution < 1.29 is 29.1 Å². The van der Waals surface area contributed by atoms with E-state index in [1.807, 2.05) is 44.2 Å². The molecule has 2 aliphatic heterocycles. The van der Waals surface area contributed by atoms with E-state index < -0.39 is 42.6 Å². The van der Waals surface area contributed by atoms with E-state index in [9.17, 15) is 24.3 Å². The standard InChI is InChI=1S/C21H28N4O6/c1-13(2)10-15-19(27)23(9-8-14-6-4-3-5-7-14)12-18-24(15)20(28)16(11-17(22)26)31-25(18)21(29)30/h3-7,13,15-16,18H,8-12H2,1-2H3,(H2,22,26)(H,29,30)/t15-,16+,18?/m0/s1. The number of rotatable bonds is 7. The van der Waals surface area contributed by atoms with Gasteiger partial charge < -0.3 is 20.6 Å². The first kappa shape index (κ1) is 22.5. The lowest BCUT2D eigenvalue weighted by Gasteiger charge is -2.52. The Labute approximate surface area is 180 Å². The molecule has 3 rings (SSSR count). The third-order valence-electron chi connectivity index (χ3n) is 5.46. The van der Waals surface area contributed by atoms with Crippen molar-refractivity contribution in [3.63, 3.8) is 0 Å². The molecular weight excluding hydrogens is 404 g/mol. The summed E-state index contributed by atoms with van der Waals surface area (Å²) < 4.78 is 0. The number of hydrogen-bond donors (Lipinski definition) is 2. The van der Waals surface area contributed by atoms with Crippen LogP contribution < -0.4 is 5.73 Å². The predicted octanol–water partition coefficient (Wildman–Crippen LogP) is 0.810. The van der Waals surface area contributed by atoms with Gasteiger partial charge in [-0.2, -0.15) is 5.06 Å². The molecule has 0 saturated carbocycles. The van der Waals surface area contributed by atoms with E-state index in [1.165, 1.54) is 4.90 Å². The number of primary amides is 1. The predicted molar refractivity (Wildman–Crippen MR) is 109 cm³/mol. The summed E-state index contributed by atoms with van der Waals surface area (Å²) in [4.78, 5) is 57.9. The van der Waals surface area contributed by atoms with E-state index in [2.05, 4.69) is 0 Å². The van der Waals surface area contributed by atoms with Gasteiger partial charge in [0.15, 0.2) is 12.3 Å². The summed E-state index contributed by atoms with van der Waals surface area (Å²) in [5.74, 6) is -1.55. The second-order valence-corrected chi connectivity index (χ2v) is 8.26. The van der Waals surface area contributed by atoms with Crippen LogP contribution in [-0.4, -0.2) is 75.2 Å². The molecule has 2 saturated heterocycles. The first-order valence-corrected chi connectivity index (χ1v) is 10.3. The number of amides is 4. The second kappa shape index (κ2) is 9.34. The summed E-state index contributed by atoms with van der Waals surface area (Å²) in [6, 6.07) is 8.80. The fourth-order valence-electron chi connectivity index (χ4n) is 4.07. The highest BCUT2D eigenvalue weighted by Crippen LogP contribution is 2.31. The van der Waals surface area contributed by atoms with Crippen LogP contribution in [0, 0.1) is 5.92 Å². The first-order chi connectivity index (χ1) is 14.7. The van der Waals surface area contributed by atoms with Gasteiger partial charge in [-0.05, 0) is 24.3 Å². The Bertz CT molecular complexity index is 846. The average Bonchev–Trinajstić information content (AvgIpc) is 2.70.